The molecule has 0 aliphatic heterocycles. The zero-order valence-corrected chi connectivity index (χ0v) is 10.6. The highest BCUT2D eigenvalue weighted by molar-refractivity contribution is 7.09. The number of nitrogens with one attached hydrogen (secondary N) is 1. The van der Waals surface area contributed by atoms with Crippen LogP contribution in [0.5, 0.6) is 0 Å². The Morgan fingerprint density at radius 2 is 2.33 bits per heavy atom. The first kappa shape index (κ1) is 12.2. The van der Waals surface area contributed by atoms with Crippen LogP contribution >= 0.6 is 11.3 Å². The first-order chi connectivity index (χ1) is 7.15. The fourth-order valence-corrected chi connectivity index (χ4v) is 2.36. The molecule has 1 rings (SSSR count). The summed E-state index contributed by atoms with van der Waals surface area (Å²) >= 11 is 1.80. The van der Waals surface area contributed by atoms with Gasteiger partial charge in [-0.15, -0.1) is 11.3 Å². The van der Waals surface area contributed by atoms with Gasteiger partial charge < -0.3 is 4.90 Å². The average Bonchev–Trinajstić information content (AvgIpc) is 2.69. The van der Waals surface area contributed by atoms with E-state index in [0.29, 0.717) is 6.04 Å². The van der Waals surface area contributed by atoms with Crippen molar-refractivity contribution < 1.29 is 0 Å². The van der Waals surface area contributed by atoms with Gasteiger partial charge in [-0.1, -0.05) is 13.0 Å². The predicted octanol–water partition coefficient (Wildman–Crippen LogP) is 3.39. The van der Waals surface area contributed by atoms with Gasteiger partial charge in [0.15, 0.2) is 0 Å². The number of nitrogens with zero attached hydrogens (tertiary/aromatic N) is 1. The van der Waals surface area contributed by atoms with Gasteiger partial charge in [0, 0.05) is 30.8 Å². The SMILES string of the molecule is CCCC(=N)N(C)C(C)Cc1cccs1. The largest absolute Gasteiger partial charge is 0.361 e. The number of hydrogen-bond acceptors (Lipinski definition) is 2. The zero-order chi connectivity index (χ0) is 11.3. The van der Waals surface area contributed by atoms with Crippen molar-refractivity contribution >= 4 is 17.2 Å². The average molecular weight is 224 g/mol. The van der Waals surface area contributed by atoms with Crippen LogP contribution in [0.15, 0.2) is 17.5 Å². The predicted molar refractivity (Wildman–Crippen MR) is 67.9 cm³/mol. The van der Waals surface area contributed by atoms with E-state index >= 15 is 0 Å². The standard InChI is InChI=1S/C12H20N2S/c1-4-6-12(13)14(3)10(2)9-11-7-5-8-15-11/h5,7-8,10,13H,4,6,9H2,1-3H3. The monoisotopic (exact) mass is 224 g/mol. The van der Waals surface area contributed by atoms with Crippen molar-refractivity contribution in [3.63, 3.8) is 0 Å². The van der Waals surface area contributed by atoms with E-state index < -0.39 is 0 Å². The molecule has 2 nitrogen and oxygen atoms in total. The van der Waals surface area contributed by atoms with Crippen molar-refractivity contribution in [2.75, 3.05) is 7.05 Å². The molecule has 1 aromatic rings. The molecule has 0 saturated carbocycles. The Bertz CT molecular complexity index is 293. The maximum Gasteiger partial charge on any atom is 0.0957 e. The van der Waals surface area contributed by atoms with Gasteiger partial charge in [-0.3, -0.25) is 5.41 Å². The molecular formula is C12H20N2S. The Hall–Kier alpha value is -0.830. The van der Waals surface area contributed by atoms with E-state index in [1.54, 1.807) is 11.3 Å². The Kier molecular flexibility index (Phi) is 4.82. The maximum absolute atomic E-state index is 7.88. The lowest BCUT2D eigenvalue weighted by Gasteiger charge is -2.26. The lowest BCUT2D eigenvalue weighted by atomic mass is 10.1. The first-order valence-electron chi connectivity index (χ1n) is 5.47. The molecule has 1 unspecified atom stereocenters. The molecule has 0 amide bonds. The Morgan fingerprint density at radius 3 is 2.87 bits per heavy atom. The van der Waals surface area contributed by atoms with Gasteiger partial charge in [-0.25, -0.2) is 0 Å². The molecule has 0 spiro atoms. The molecule has 1 atom stereocenters. The van der Waals surface area contributed by atoms with Crippen molar-refractivity contribution in [2.24, 2.45) is 0 Å². The minimum Gasteiger partial charge on any atom is -0.361 e. The number of hydrogen-bond donors (Lipinski definition) is 1. The normalized spacial score (nSPS) is 12.5. The maximum atomic E-state index is 7.88. The fraction of sp³-hybridized carbons (Fsp3) is 0.583. The van der Waals surface area contributed by atoms with Crippen LogP contribution in [0.25, 0.3) is 0 Å². The smallest absolute Gasteiger partial charge is 0.0957 e. The van der Waals surface area contributed by atoms with Gasteiger partial charge in [-0.2, -0.15) is 0 Å². The summed E-state index contributed by atoms with van der Waals surface area (Å²) < 4.78 is 0. The van der Waals surface area contributed by atoms with Crippen LogP contribution in [-0.2, 0) is 6.42 Å². The summed E-state index contributed by atoms with van der Waals surface area (Å²) in [6.07, 6.45) is 2.97. The highest BCUT2D eigenvalue weighted by atomic mass is 32.1. The van der Waals surface area contributed by atoms with E-state index in [-0.39, 0.29) is 0 Å². The van der Waals surface area contributed by atoms with Crippen LogP contribution in [0.1, 0.15) is 31.6 Å². The molecule has 0 saturated heterocycles. The van der Waals surface area contributed by atoms with Crippen LogP contribution in [0, 0.1) is 5.41 Å². The van der Waals surface area contributed by atoms with Gasteiger partial charge in [0.2, 0.25) is 0 Å². The number of thiophene rings is 1. The molecule has 1 N–H and O–H groups in total. The second-order valence-electron chi connectivity index (χ2n) is 3.94. The van der Waals surface area contributed by atoms with Crippen LogP contribution in [0.3, 0.4) is 0 Å². The summed E-state index contributed by atoms with van der Waals surface area (Å²) in [7, 11) is 2.02. The topological polar surface area (TPSA) is 27.1 Å². The summed E-state index contributed by atoms with van der Waals surface area (Å²) in [6.45, 7) is 4.30. The van der Waals surface area contributed by atoms with Crippen LogP contribution in [-0.4, -0.2) is 23.8 Å². The molecule has 0 radical (unpaired) electrons. The first-order valence-corrected chi connectivity index (χ1v) is 6.35. The number of amidine groups is 1. The Morgan fingerprint density at radius 1 is 1.60 bits per heavy atom. The van der Waals surface area contributed by atoms with E-state index in [1.165, 1.54) is 4.88 Å². The molecular weight excluding hydrogens is 204 g/mol. The number of likely N-dealkylation sites (N-methyl/N-ethyl adjacent to an activating group) is 1. The molecule has 0 aliphatic rings. The van der Waals surface area contributed by atoms with E-state index in [2.05, 4.69) is 36.3 Å². The second-order valence-corrected chi connectivity index (χ2v) is 4.97. The third kappa shape index (κ3) is 3.67. The third-order valence-corrected chi connectivity index (χ3v) is 3.55. The van der Waals surface area contributed by atoms with Crippen LogP contribution < -0.4 is 0 Å². The Labute approximate surface area is 96.4 Å². The lowest BCUT2D eigenvalue weighted by molar-refractivity contribution is 0.379. The summed E-state index contributed by atoms with van der Waals surface area (Å²) in [5.74, 6) is 0.751. The van der Waals surface area contributed by atoms with Crippen LogP contribution in [0.4, 0.5) is 0 Å². The quantitative estimate of drug-likeness (QED) is 0.602. The molecule has 0 aromatic carbocycles. The summed E-state index contributed by atoms with van der Waals surface area (Å²) in [4.78, 5) is 3.49. The summed E-state index contributed by atoms with van der Waals surface area (Å²) in [5.41, 5.74) is 0. The summed E-state index contributed by atoms with van der Waals surface area (Å²) in [5, 5.41) is 9.99. The van der Waals surface area contributed by atoms with Gasteiger partial charge >= 0.3 is 0 Å². The van der Waals surface area contributed by atoms with E-state index in [1.807, 2.05) is 7.05 Å². The minimum atomic E-state index is 0.419. The minimum absolute atomic E-state index is 0.419. The summed E-state index contributed by atoms with van der Waals surface area (Å²) in [6, 6.07) is 4.67. The molecule has 0 aliphatic carbocycles. The molecule has 1 aromatic heterocycles. The van der Waals surface area contributed by atoms with Crippen molar-refractivity contribution in [3.8, 4) is 0 Å². The second kappa shape index (κ2) is 5.91. The molecule has 0 bridgehead atoms. The third-order valence-electron chi connectivity index (χ3n) is 2.65. The molecule has 3 heteroatoms. The van der Waals surface area contributed by atoms with Gasteiger partial charge in [0.05, 0.1) is 5.84 Å². The van der Waals surface area contributed by atoms with Crippen molar-refractivity contribution in [1.82, 2.24) is 4.90 Å². The molecule has 15 heavy (non-hydrogen) atoms. The van der Waals surface area contributed by atoms with Gasteiger partial charge in [-0.05, 0) is 24.8 Å². The van der Waals surface area contributed by atoms with E-state index in [9.17, 15) is 0 Å². The zero-order valence-electron chi connectivity index (χ0n) is 9.79. The molecule has 84 valence electrons. The van der Waals surface area contributed by atoms with Crippen LogP contribution in [0.2, 0.25) is 0 Å². The molecule has 0 fully saturated rings. The Balaban J connectivity index is 2.46. The fourth-order valence-electron chi connectivity index (χ4n) is 1.54. The van der Waals surface area contributed by atoms with E-state index in [0.717, 1.165) is 25.1 Å². The van der Waals surface area contributed by atoms with Crippen molar-refractivity contribution in [2.45, 2.75) is 39.2 Å². The van der Waals surface area contributed by atoms with Crippen molar-refractivity contribution in [1.29, 1.82) is 5.41 Å². The highest BCUT2D eigenvalue weighted by Gasteiger charge is 2.12. The van der Waals surface area contributed by atoms with Gasteiger partial charge in [0.1, 0.15) is 0 Å². The molecule has 1 heterocycles. The van der Waals surface area contributed by atoms with Gasteiger partial charge in [0.25, 0.3) is 0 Å². The highest BCUT2D eigenvalue weighted by Crippen LogP contribution is 2.14. The lowest BCUT2D eigenvalue weighted by Crippen LogP contribution is -2.35. The van der Waals surface area contributed by atoms with E-state index in [4.69, 9.17) is 5.41 Å². The van der Waals surface area contributed by atoms with Crippen molar-refractivity contribution in [3.05, 3.63) is 22.4 Å². The number of rotatable bonds is 5.